The third-order valence-electron chi connectivity index (χ3n) is 16.8. The number of aliphatic imine (C=N–C) groups is 1. The minimum absolute atomic E-state index is 0.0620. The molecule has 1 fully saturated rings. The maximum absolute atomic E-state index is 14.3. The van der Waals surface area contributed by atoms with Crippen molar-refractivity contribution in [2.24, 2.45) is 10.9 Å². The second-order valence-corrected chi connectivity index (χ2v) is 25.6. The van der Waals surface area contributed by atoms with Crippen molar-refractivity contribution in [1.82, 2.24) is 25.3 Å². The molecule has 3 aromatic rings. The van der Waals surface area contributed by atoms with Gasteiger partial charge in [0.2, 0.25) is 29.5 Å². The van der Waals surface area contributed by atoms with Crippen LogP contribution in [0.25, 0.3) is 0 Å². The molecule has 3 aromatic carbocycles. The first-order valence-corrected chi connectivity index (χ1v) is 33.2. The van der Waals surface area contributed by atoms with Crippen molar-refractivity contribution in [2.75, 3.05) is 49.9 Å². The number of imide groups is 1. The standard InChI is InChI=1S/C72H84N8O14S/c1-45(2)65(76-63(81)25-19-15-20-30-77-64(82)39-62(71(77)88)95-44-50-23-17-13-11-9-8-10-12-14-18-24-50)67(84)74-48(5)66(83)75-51-28-26-49(27-29-51)43-94-72(89)80-56-38-61(59(91-7)36-54(56)69(86)79-42-47(4)34-57(79)70(80)87)93-32-22-16-21-31-92-60-37-55-53(35-58(60)90-6)68(85)78-41-46(3)33-52(78)40-73-55/h8-14,17-18,23-24,26-29,35-38,40-42,45,48,52,57,62,65,70,87H,15-16,19-22,25,30-34,39,43-44H2,1-7H3,(H,74,84)(H,75,83)(H,76,81)/b9-8-,10-8?,11-9?,12-10-,13-11-,14-12?,17-13?,18-14-,23-17-,24-18?,50-23?,50-24+/t48-,52-,57-,62?,65-,70-/m0/s1. The fourth-order valence-corrected chi connectivity index (χ4v) is 12.7. The van der Waals surface area contributed by atoms with Gasteiger partial charge in [0.25, 0.3) is 11.8 Å². The summed E-state index contributed by atoms with van der Waals surface area (Å²) in [5, 5.41) is 19.8. The van der Waals surface area contributed by atoms with Crippen molar-refractivity contribution >= 4 is 82.5 Å². The summed E-state index contributed by atoms with van der Waals surface area (Å²) >= 11 is 1.45. The normalized spacial score (nSPS) is 21.7. The number of rotatable bonds is 27. The predicted octanol–water partition coefficient (Wildman–Crippen LogP) is 10.5. The zero-order valence-electron chi connectivity index (χ0n) is 54.7. The van der Waals surface area contributed by atoms with Gasteiger partial charge in [-0.2, -0.15) is 0 Å². The van der Waals surface area contributed by atoms with Crippen molar-refractivity contribution in [3.05, 3.63) is 161 Å². The van der Waals surface area contributed by atoms with Crippen molar-refractivity contribution in [1.29, 1.82) is 0 Å². The van der Waals surface area contributed by atoms with E-state index in [1.54, 1.807) is 67.6 Å². The lowest BCUT2D eigenvalue weighted by Gasteiger charge is -2.31. The highest BCUT2D eigenvalue weighted by Crippen LogP contribution is 2.43. The van der Waals surface area contributed by atoms with Crippen LogP contribution < -0.4 is 39.8 Å². The van der Waals surface area contributed by atoms with Gasteiger partial charge in [-0.05, 0) is 107 Å². The van der Waals surface area contributed by atoms with Gasteiger partial charge in [-0.3, -0.25) is 43.5 Å². The van der Waals surface area contributed by atoms with E-state index in [-0.39, 0.29) is 90.9 Å². The third-order valence-corrected chi connectivity index (χ3v) is 18.1. The zero-order chi connectivity index (χ0) is 67.7. The minimum atomic E-state index is -1.52. The van der Waals surface area contributed by atoms with Crippen LogP contribution in [0.15, 0.2) is 149 Å². The van der Waals surface area contributed by atoms with Crippen LogP contribution in [0.5, 0.6) is 23.0 Å². The van der Waals surface area contributed by atoms with Crippen LogP contribution in [0.2, 0.25) is 0 Å². The Bertz CT molecular complexity index is 3680. The fraction of sp³-hybridized carbons (Fsp3) is 0.403. The number of carbonyl (C=O) groups is 8. The van der Waals surface area contributed by atoms with Crippen LogP contribution in [0.1, 0.15) is 125 Å². The van der Waals surface area contributed by atoms with E-state index in [1.165, 1.54) is 54.8 Å². The monoisotopic (exact) mass is 1320 g/mol. The number of fused-ring (bicyclic) bond motifs is 4. The quantitative estimate of drug-likeness (QED) is 0.0408. The second-order valence-electron chi connectivity index (χ2n) is 24.4. The van der Waals surface area contributed by atoms with E-state index in [0.29, 0.717) is 91.3 Å². The molecule has 1 aliphatic carbocycles. The largest absolute Gasteiger partial charge is 0.493 e. The van der Waals surface area contributed by atoms with Crippen LogP contribution in [-0.2, 0) is 35.3 Å². The number of ether oxygens (including phenoxy) is 5. The average Bonchev–Trinajstić information content (AvgIpc) is 1.61. The molecule has 0 aromatic heterocycles. The van der Waals surface area contributed by atoms with Gasteiger partial charge in [0.05, 0.1) is 67.3 Å². The van der Waals surface area contributed by atoms with Gasteiger partial charge in [0.1, 0.15) is 18.7 Å². The first-order chi connectivity index (χ1) is 45.8. The molecule has 9 rings (SSSR count). The van der Waals surface area contributed by atoms with E-state index in [4.69, 9.17) is 23.7 Å². The Labute approximate surface area is 558 Å². The molecule has 0 saturated carbocycles. The molecule has 95 heavy (non-hydrogen) atoms. The summed E-state index contributed by atoms with van der Waals surface area (Å²) in [4.78, 5) is 118. The van der Waals surface area contributed by atoms with Gasteiger partial charge in [0, 0.05) is 61.6 Å². The summed E-state index contributed by atoms with van der Waals surface area (Å²) in [5.41, 5.74) is 4.96. The lowest BCUT2D eigenvalue weighted by atomic mass is 10.0. The minimum Gasteiger partial charge on any atom is -0.493 e. The summed E-state index contributed by atoms with van der Waals surface area (Å²) in [7, 11) is 2.97. The van der Waals surface area contributed by atoms with Crippen LogP contribution in [0.4, 0.5) is 21.9 Å². The Morgan fingerprint density at radius 2 is 1.33 bits per heavy atom. The number of nitrogens with zero attached hydrogens (tertiary/aromatic N) is 5. The molecule has 8 amide bonds. The summed E-state index contributed by atoms with van der Waals surface area (Å²) in [6, 6.07) is 9.98. The van der Waals surface area contributed by atoms with E-state index in [9.17, 15) is 43.5 Å². The molecule has 4 N–H and O–H groups in total. The van der Waals surface area contributed by atoms with Crippen molar-refractivity contribution in [3.8, 4) is 23.0 Å². The number of aliphatic hydroxyl groups is 1. The molecule has 22 nitrogen and oxygen atoms in total. The number of nitrogens with one attached hydrogen (secondary N) is 3. The Morgan fingerprint density at radius 1 is 0.695 bits per heavy atom. The molecule has 0 spiro atoms. The van der Waals surface area contributed by atoms with Crippen LogP contribution in [0, 0.1) is 5.92 Å². The number of benzene rings is 3. The number of unbranched alkanes of at least 4 members (excludes halogenated alkanes) is 4. The van der Waals surface area contributed by atoms with Crippen LogP contribution >= 0.6 is 11.8 Å². The zero-order valence-corrected chi connectivity index (χ0v) is 55.6. The van der Waals surface area contributed by atoms with E-state index in [0.717, 1.165) is 28.0 Å². The Balaban J connectivity index is 0.718. The summed E-state index contributed by atoms with van der Waals surface area (Å²) in [5.74, 6) is -0.791. The molecule has 1 saturated heterocycles. The molecule has 5 aliphatic heterocycles. The van der Waals surface area contributed by atoms with E-state index in [2.05, 4.69) is 20.9 Å². The van der Waals surface area contributed by atoms with Crippen LogP contribution in [0.3, 0.4) is 0 Å². The summed E-state index contributed by atoms with van der Waals surface area (Å²) in [6.07, 6.45) is 29.0. The average molecular weight is 1320 g/mol. The Morgan fingerprint density at radius 3 is 2.02 bits per heavy atom. The molecule has 0 radical (unpaired) electrons. The first kappa shape index (κ1) is 69.9. The predicted molar refractivity (Wildman–Crippen MR) is 364 cm³/mol. The Hall–Kier alpha value is -9.48. The van der Waals surface area contributed by atoms with Gasteiger partial charge in [-0.15, -0.1) is 11.8 Å². The van der Waals surface area contributed by atoms with E-state index in [1.807, 2.05) is 86.9 Å². The fourth-order valence-electron chi connectivity index (χ4n) is 11.6. The molecule has 6 atom stereocenters. The summed E-state index contributed by atoms with van der Waals surface area (Å²) < 4.78 is 29.5. The third kappa shape index (κ3) is 17.9. The van der Waals surface area contributed by atoms with Crippen molar-refractivity contribution < 1.29 is 67.1 Å². The molecular weight excluding hydrogens is 1230 g/mol. The SMILES string of the molecule is COc1cc2c(cc1OCCCCCOc1cc3c(cc1OC)C(=O)N1C=C(C)C[C@H]1[C@H](O)N3C(=O)OCc1ccc(NC(=O)[C@H](C)NC(=O)[C@@H](NC(=O)CCCCCN3C(=O)CC(SCC4=C/C=C\C=C/C=C\C=C/C=C\4)C3=O)C(C)C)cc1)N=C[C@@H]1CC(C)=CN1C2=O. The van der Waals surface area contributed by atoms with Crippen LogP contribution in [-0.4, -0.2) is 149 Å². The number of hydrogen-bond donors (Lipinski definition) is 4. The number of amides is 8. The first-order valence-electron chi connectivity index (χ1n) is 32.2. The van der Waals surface area contributed by atoms with Gasteiger partial charge in [-0.25, -0.2) is 9.69 Å². The van der Waals surface area contributed by atoms with Crippen molar-refractivity contribution in [2.45, 2.75) is 141 Å². The molecule has 23 heteroatoms. The molecular formula is C72H84N8O14S. The second kappa shape index (κ2) is 33.1. The van der Waals surface area contributed by atoms with Gasteiger partial charge in [0.15, 0.2) is 29.2 Å². The number of carbonyl (C=O) groups excluding carboxylic acids is 8. The molecule has 502 valence electrons. The highest BCUT2D eigenvalue weighted by molar-refractivity contribution is 8.00. The summed E-state index contributed by atoms with van der Waals surface area (Å²) in [6.45, 7) is 9.51. The number of likely N-dealkylation sites (tertiary alicyclic amines) is 1. The Kier molecular flexibility index (Phi) is 24.3. The smallest absolute Gasteiger partial charge is 0.416 e. The molecule has 0 bridgehead atoms. The molecule has 1 unspecified atom stereocenters. The number of aliphatic hydroxyl groups excluding tert-OH is 1. The maximum Gasteiger partial charge on any atom is 0.416 e. The lowest BCUT2D eigenvalue weighted by Crippen LogP contribution is -2.53. The van der Waals surface area contributed by atoms with Crippen molar-refractivity contribution in [3.63, 3.8) is 0 Å². The highest BCUT2D eigenvalue weighted by atomic mass is 32.2. The topological polar surface area (TPSA) is 264 Å². The molecule has 5 heterocycles. The number of thioether (sulfide) groups is 1. The van der Waals surface area contributed by atoms with E-state index >= 15 is 0 Å². The van der Waals surface area contributed by atoms with Gasteiger partial charge < -0.3 is 54.5 Å². The number of hydrogen-bond acceptors (Lipinski definition) is 16. The number of methoxy groups -OCH3 is 2. The van der Waals surface area contributed by atoms with Gasteiger partial charge in [-0.1, -0.05) is 110 Å². The maximum atomic E-state index is 14.3. The van der Waals surface area contributed by atoms with E-state index < -0.39 is 53.4 Å². The highest BCUT2D eigenvalue weighted by Gasteiger charge is 2.45. The molecule has 6 aliphatic rings. The number of allylic oxidation sites excluding steroid dienone is 11. The van der Waals surface area contributed by atoms with Gasteiger partial charge >= 0.3 is 6.09 Å². The number of anilines is 2. The lowest BCUT2D eigenvalue weighted by molar-refractivity contribution is -0.138.